The number of nitrogens with two attached hydrogens (primary N) is 1. The predicted octanol–water partition coefficient (Wildman–Crippen LogP) is 2.30. The summed E-state index contributed by atoms with van der Waals surface area (Å²) in [6, 6.07) is 1.85. The van der Waals surface area contributed by atoms with Crippen molar-refractivity contribution in [3.05, 3.63) is 24.0 Å². The van der Waals surface area contributed by atoms with Crippen molar-refractivity contribution >= 4 is 36.4 Å². The molecule has 0 radical (unpaired) electrons. The zero-order chi connectivity index (χ0) is 11.3. The standard InChI is InChI=1S/C11H17N3O.2ClH/c1-8-7-13-6-5-10(8)14-11(15)4-3-9(2)12;;/h5-7,9H,3-4,12H2,1-2H3,(H,13,14,15);2*1H. The molecule has 0 spiro atoms. The van der Waals surface area contributed by atoms with Crippen molar-refractivity contribution in [1.29, 1.82) is 0 Å². The van der Waals surface area contributed by atoms with Gasteiger partial charge in [-0.25, -0.2) is 0 Å². The molecular formula is C11H19Cl2N3O. The Balaban J connectivity index is 0. The molecule has 17 heavy (non-hydrogen) atoms. The van der Waals surface area contributed by atoms with E-state index in [1.54, 1.807) is 18.5 Å². The normalized spacial score (nSPS) is 10.8. The van der Waals surface area contributed by atoms with Crippen LogP contribution in [-0.2, 0) is 4.79 Å². The van der Waals surface area contributed by atoms with Gasteiger partial charge in [0, 0.05) is 30.5 Å². The van der Waals surface area contributed by atoms with Crippen LogP contribution >= 0.6 is 24.8 Å². The van der Waals surface area contributed by atoms with Crippen LogP contribution in [0.15, 0.2) is 18.5 Å². The number of amides is 1. The fourth-order valence-corrected chi connectivity index (χ4v) is 1.19. The van der Waals surface area contributed by atoms with Gasteiger partial charge < -0.3 is 11.1 Å². The van der Waals surface area contributed by atoms with E-state index in [1.807, 2.05) is 13.8 Å². The lowest BCUT2D eigenvalue weighted by Gasteiger charge is -2.08. The van der Waals surface area contributed by atoms with Crippen LogP contribution < -0.4 is 11.1 Å². The van der Waals surface area contributed by atoms with E-state index < -0.39 is 0 Å². The Morgan fingerprint density at radius 3 is 2.71 bits per heavy atom. The average molecular weight is 280 g/mol. The molecule has 98 valence electrons. The lowest BCUT2D eigenvalue weighted by Crippen LogP contribution is -2.19. The van der Waals surface area contributed by atoms with Gasteiger partial charge in [0.1, 0.15) is 0 Å². The molecule has 0 saturated carbocycles. The van der Waals surface area contributed by atoms with E-state index in [4.69, 9.17) is 5.73 Å². The number of pyridine rings is 1. The largest absolute Gasteiger partial charge is 0.328 e. The van der Waals surface area contributed by atoms with Crippen LogP contribution in [-0.4, -0.2) is 16.9 Å². The van der Waals surface area contributed by atoms with E-state index in [1.165, 1.54) is 0 Å². The molecule has 1 unspecified atom stereocenters. The first-order valence-electron chi connectivity index (χ1n) is 5.05. The molecule has 4 nitrogen and oxygen atoms in total. The first-order chi connectivity index (χ1) is 7.09. The zero-order valence-corrected chi connectivity index (χ0v) is 11.6. The van der Waals surface area contributed by atoms with Crippen LogP contribution in [0.2, 0.25) is 0 Å². The summed E-state index contributed by atoms with van der Waals surface area (Å²) in [6.07, 6.45) is 4.55. The Morgan fingerprint density at radius 2 is 2.18 bits per heavy atom. The molecule has 3 N–H and O–H groups in total. The van der Waals surface area contributed by atoms with Crippen molar-refractivity contribution in [3.8, 4) is 0 Å². The molecule has 0 aliphatic rings. The third kappa shape index (κ3) is 7.15. The SMILES string of the molecule is Cc1cnccc1NC(=O)CCC(C)N.Cl.Cl. The minimum absolute atomic E-state index is 0. The number of carbonyl (C=O) groups excluding carboxylic acids is 1. The first kappa shape index (κ1) is 18.5. The molecule has 6 heteroatoms. The highest BCUT2D eigenvalue weighted by atomic mass is 35.5. The number of halogens is 2. The second-order valence-electron chi connectivity index (χ2n) is 3.75. The van der Waals surface area contributed by atoms with E-state index in [0.29, 0.717) is 12.8 Å². The van der Waals surface area contributed by atoms with Crippen LogP contribution in [0, 0.1) is 6.92 Å². The molecule has 1 aromatic rings. The molecule has 0 saturated heterocycles. The molecule has 0 bridgehead atoms. The molecule has 1 atom stereocenters. The zero-order valence-electron chi connectivity index (χ0n) is 9.97. The Morgan fingerprint density at radius 1 is 1.53 bits per heavy atom. The highest BCUT2D eigenvalue weighted by Gasteiger charge is 2.05. The van der Waals surface area contributed by atoms with Crippen molar-refractivity contribution in [2.75, 3.05) is 5.32 Å². The van der Waals surface area contributed by atoms with Crippen LogP contribution in [0.5, 0.6) is 0 Å². The second-order valence-corrected chi connectivity index (χ2v) is 3.75. The predicted molar refractivity (Wildman–Crippen MR) is 75.0 cm³/mol. The van der Waals surface area contributed by atoms with Gasteiger partial charge in [0.05, 0.1) is 0 Å². The van der Waals surface area contributed by atoms with Gasteiger partial charge in [0.2, 0.25) is 5.91 Å². The smallest absolute Gasteiger partial charge is 0.224 e. The highest BCUT2D eigenvalue weighted by molar-refractivity contribution is 5.91. The van der Waals surface area contributed by atoms with E-state index in [2.05, 4.69) is 10.3 Å². The maximum Gasteiger partial charge on any atom is 0.224 e. The lowest BCUT2D eigenvalue weighted by molar-refractivity contribution is -0.116. The monoisotopic (exact) mass is 279 g/mol. The number of hydrogen-bond donors (Lipinski definition) is 2. The van der Waals surface area contributed by atoms with Crippen LogP contribution in [0.3, 0.4) is 0 Å². The fraction of sp³-hybridized carbons (Fsp3) is 0.455. The Kier molecular flexibility index (Phi) is 10.0. The Labute approximate surface area is 114 Å². The van der Waals surface area contributed by atoms with Crippen LogP contribution in [0.4, 0.5) is 5.69 Å². The van der Waals surface area contributed by atoms with Gasteiger partial charge in [0.15, 0.2) is 0 Å². The molecule has 1 aromatic heterocycles. The highest BCUT2D eigenvalue weighted by Crippen LogP contribution is 2.12. The summed E-state index contributed by atoms with van der Waals surface area (Å²) in [5.74, 6) is 0.00148. The number of anilines is 1. The second kappa shape index (κ2) is 9.22. The minimum atomic E-state index is 0. The summed E-state index contributed by atoms with van der Waals surface area (Å²) in [5.41, 5.74) is 7.36. The number of nitrogens with zero attached hydrogens (tertiary/aromatic N) is 1. The summed E-state index contributed by atoms with van der Waals surface area (Å²) in [6.45, 7) is 3.80. The van der Waals surface area contributed by atoms with E-state index in [9.17, 15) is 4.79 Å². The van der Waals surface area contributed by atoms with Gasteiger partial charge in [-0.05, 0) is 31.9 Å². The Bertz CT molecular complexity index is 345. The van der Waals surface area contributed by atoms with Crippen LogP contribution in [0.1, 0.15) is 25.3 Å². The first-order valence-corrected chi connectivity index (χ1v) is 5.05. The average Bonchev–Trinajstić information content (AvgIpc) is 2.18. The van der Waals surface area contributed by atoms with Crippen molar-refractivity contribution < 1.29 is 4.79 Å². The quantitative estimate of drug-likeness (QED) is 0.889. The molecule has 0 fully saturated rings. The van der Waals surface area contributed by atoms with E-state index in [-0.39, 0.29) is 36.8 Å². The van der Waals surface area contributed by atoms with Crippen molar-refractivity contribution in [2.24, 2.45) is 5.73 Å². The summed E-state index contributed by atoms with van der Waals surface area (Å²) in [7, 11) is 0. The topological polar surface area (TPSA) is 68.0 Å². The molecule has 1 amide bonds. The van der Waals surface area contributed by atoms with Gasteiger partial charge >= 0.3 is 0 Å². The summed E-state index contributed by atoms with van der Waals surface area (Å²) >= 11 is 0. The number of carbonyl (C=O) groups is 1. The van der Waals surface area contributed by atoms with Crippen molar-refractivity contribution in [3.63, 3.8) is 0 Å². The number of aromatic nitrogens is 1. The van der Waals surface area contributed by atoms with Crippen molar-refractivity contribution in [2.45, 2.75) is 32.7 Å². The number of nitrogens with one attached hydrogen (secondary N) is 1. The summed E-state index contributed by atoms with van der Waals surface area (Å²) < 4.78 is 0. The van der Waals surface area contributed by atoms with Crippen molar-refractivity contribution in [1.82, 2.24) is 4.98 Å². The van der Waals surface area contributed by atoms with Gasteiger partial charge in [-0.15, -0.1) is 24.8 Å². The van der Waals surface area contributed by atoms with Gasteiger partial charge in [0.25, 0.3) is 0 Å². The summed E-state index contributed by atoms with van der Waals surface area (Å²) in [5, 5.41) is 2.83. The third-order valence-electron chi connectivity index (χ3n) is 2.12. The third-order valence-corrected chi connectivity index (χ3v) is 2.12. The van der Waals surface area contributed by atoms with Gasteiger partial charge in [-0.2, -0.15) is 0 Å². The maximum atomic E-state index is 11.5. The van der Waals surface area contributed by atoms with Gasteiger partial charge in [-0.3, -0.25) is 9.78 Å². The van der Waals surface area contributed by atoms with E-state index in [0.717, 1.165) is 11.3 Å². The number of rotatable bonds is 4. The van der Waals surface area contributed by atoms with E-state index >= 15 is 0 Å². The minimum Gasteiger partial charge on any atom is -0.328 e. The summed E-state index contributed by atoms with van der Waals surface area (Å²) in [4.78, 5) is 15.4. The Hall–Kier alpha value is -0.840. The fourth-order valence-electron chi connectivity index (χ4n) is 1.19. The number of hydrogen-bond acceptors (Lipinski definition) is 3. The van der Waals surface area contributed by atoms with Gasteiger partial charge in [-0.1, -0.05) is 0 Å². The lowest BCUT2D eigenvalue weighted by atomic mass is 10.2. The maximum absolute atomic E-state index is 11.5. The molecule has 0 aliphatic carbocycles. The van der Waals surface area contributed by atoms with Crippen LogP contribution in [0.25, 0.3) is 0 Å². The number of aryl methyl sites for hydroxylation is 1. The molecule has 0 aliphatic heterocycles. The molecule has 1 heterocycles. The molecule has 0 aromatic carbocycles. The molecule has 1 rings (SSSR count). The molecular weight excluding hydrogens is 261 g/mol.